The Kier molecular flexibility index (Phi) is 4.37. The van der Waals surface area contributed by atoms with Crippen molar-refractivity contribution in [2.75, 3.05) is 26.2 Å². The van der Waals surface area contributed by atoms with E-state index in [1.807, 2.05) is 11.3 Å². The van der Waals surface area contributed by atoms with Crippen LogP contribution in [0.15, 0.2) is 6.07 Å². The van der Waals surface area contributed by atoms with Gasteiger partial charge in [0.15, 0.2) is 0 Å². The number of hydrogen-bond acceptors (Lipinski definition) is 3. The Balaban J connectivity index is 0.00000120. The van der Waals surface area contributed by atoms with Gasteiger partial charge in [-0.1, -0.05) is 0 Å². The fraction of sp³-hybridized carbons (Fsp3) is 0.714. The van der Waals surface area contributed by atoms with Gasteiger partial charge in [-0.05, 0) is 56.8 Å². The maximum atomic E-state index is 3.53. The molecule has 2 fully saturated rings. The number of nitrogens with one attached hydrogen (secondary N) is 1. The second-order valence-corrected chi connectivity index (χ2v) is 7.29. The molecule has 102 valence electrons. The highest BCUT2D eigenvalue weighted by atomic mass is 35.5. The van der Waals surface area contributed by atoms with Crippen LogP contribution in [-0.2, 0) is 6.54 Å². The van der Waals surface area contributed by atoms with E-state index in [0.29, 0.717) is 5.41 Å². The molecule has 0 amide bonds. The van der Waals surface area contributed by atoms with Gasteiger partial charge in [-0.25, -0.2) is 0 Å². The van der Waals surface area contributed by atoms with Crippen LogP contribution >= 0.6 is 23.7 Å². The van der Waals surface area contributed by atoms with E-state index in [2.05, 4.69) is 30.1 Å². The zero-order valence-electron chi connectivity index (χ0n) is 11.3. The molecular formula is C14H23ClN2S. The van der Waals surface area contributed by atoms with E-state index in [1.165, 1.54) is 48.8 Å². The van der Waals surface area contributed by atoms with Gasteiger partial charge in [0.2, 0.25) is 0 Å². The summed E-state index contributed by atoms with van der Waals surface area (Å²) in [5.41, 5.74) is 2.16. The summed E-state index contributed by atoms with van der Waals surface area (Å²) in [5, 5.41) is 3.53. The molecule has 0 aliphatic carbocycles. The average molecular weight is 287 g/mol. The molecule has 3 heterocycles. The van der Waals surface area contributed by atoms with E-state index in [9.17, 15) is 0 Å². The number of likely N-dealkylation sites (tertiary alicyclic amines) is 1. The molecule has 0 bridgehead atoms. The first-order valence-electron chi connectivity index (χ1n) is 6.66. The highest BCUT2D eigenvalue weighted by Gasteiger charge is 2.40. The largest absolute Gasteiger partial charge is 0.316 e. The van der Waals surface area contributed by atoms with Crippen molar-refractivity contribution in [3.05, 3.63) is 21.4 Å². The Morgan fingerprint density at radius 1 is 1.39 bits per heavy atom. The summed E-state index contributed by atoms with van der Waals surface area (Å²) >= 11 is 1.94. The van der Waals surface area contributed by atoms with Crippen molar-refractivity contribution >= 4 is 23.7 Å². The minimum absolute atomic E-state index is 0. The van der Waals surface area contributed by atoms with Crippen LogP contribution in [0.2, 0.25) is 0 Å². The van der Waals surface area contributed by atoms with Gasteiger partial charge in [-0.15, -0.1) is 23.7 Å². The molecule has 0 aromatic carbocycles. The van der Waals surface area contributed by atoms with Crippen LogP contribution in [0.3, 0.4) is 0 Å². The maximum absolute atomic E-state index is 3.53. The summed E-state index contributed by atoms with van der Waals surface area (Å²) < 4.78 is 0. The van der Waals surface area contributed by atoms with Crippen molar-refractivity contribution in [2.45, 2.75) is 33.2 Å². The lowest BCUT2D eigenvalue weighted by Crippen LogP contribution is -2.28. The predicted octanol–water partition coefficient (Wildman–Crippen LogP) is 2.97. The molecule has 3 rings (SSSR count). The lowest BCUT2D eigenvalue weighted by atomic mass is 9.87. The molecule has 2 saturated heterocycles. The van der Waals surface area contributed by atoms with Crippen molar-refractivity contribution < 1.29 is 0 Å². The molecule has 0 saturated carbocycles. The highest BCUT2D eigenvalue weighted by Crippen LogP contribution is 2.37. The summed E-state index contributed by atoms with van der Waals surface area (Å²) in [6.07, 6.45) is 2.77. The minimum atomic E-state index is 0. The van der Waals surface area contributed by atoms with Crippen molar-refractivity contribution in [1.29, 1.82) is 0 Å². The van der Waals surface area contributed by atoms with E-state index in [-0.39, 0.29) is 12.4 Å². The zero-order valence-corrected chi connectivity index (χ0v) is 12.9. The third-order valence-corrected chi connectivity index (χ3v) is 5.40. The molecule has 1 N–H and O–H groups in total. The number of halogens is 1. The molecule has 1 atom stereocenters. The Hall–Kier alpha value is -0.0900. The maximum Gasteiger partial charge on any atom is 0.0245 e. The summed E-state index contributed by atoms with van der Waals surface area (Å²) in [6, 6.07) is 2.37. The molecule has 1 unspecified atom stereocenters. The summed E-state index contributed by atoms with van der Waals surface area (Å²) in [6.45, 7) is 10.7. The number of aryl methyl sites for hydroxylation is 2. The van der Waals surface area contributed by atoms with E-state index in [1.54, 1.807) is 5.56 Å². The Morgan fingerprint density at radius 2 is 2.22 bits per heavy atom. The smallest absolute Gasteiger partial charge is 0.0245 e. The van der Waals surface area contributed by atoms with Crippen molar-refractivity contribution in [1.82, 2.24) is 10.2 Å². The van der Waals surface area contributed by atoms with E-state index in [4.69, 9.17) is 0 Å². The summed E-state index contributed by atoms with van der Waals surface area (Å²) in [7, 11) is 0. The second-order valence-electron chi connectivity index (χ2n) is 5.83. The summed E-state index contributed by atoms with van der Waals surface area (Å²) in [4.78, 5) is 5.61. The lowest BCUT2D eigenvalue weighted by Gasteiger charge is -2.22. The molecule has 1 spiro atoms. The quantitative estimate of drug-likeness (QED) is 0.899. The van der Waals surface area contributed by atoms with Gasteiger partial charge in [-0.3, -0.25) is 4.90 Å². The third-order valence-electron chi connectivity index (χ3n) is 4.39. The van der Waals surface area contributed by atoms with Crippen LogP contribution in [0.5, 0.6) is 0 Å². The van der Waals surface area contributed by atoms with Gasteiger partial charge in [-0.2, -0.15) is 0 Å². The SMILES string of the molecule is Cc1cc(CN2CCC3(CCNC3)C2)c(C)s1.Cl. The van der Waals surface area contributed by atoms with E-state index in [0.717, 1.165) is 6.54 Å². The van der Waals surface area contributed by atoms with E-state index >= 15 is 0 Å². The molecule has 2 nitrogen and oxygen atoms in total. The van der Waals surface area contributed by atoms with Gasteiger partial charge >= 0.3 is 0 Å². The van der Waals surface area contributed by atoms with Crippen LogP contribution in [0.4, 0.5) is 0 Å². The fourth-order valence-electron chi connectivity index (χ4n) is 3.39. The topological polar surface area (TPSA) is 15.3 Å². The lowest BCUT2D eigenvalue weighted by molar-refractivity contribution is 0.268. The van der Waals surface area contributed by atoms with Crippen molar-refractivity contribution in [3.8, 4) is 0 Å². The summed E-state index contributed by atoms with van der Waals surface area (Å²) in [5.74, 6) is 0. The van der Waals surface area contributed by atoms with Crippen molar-refractivity contribution in [2.24, 2.45) is 5.41 Å². The molecule has 1 aromatic rings. The standard InChI is InChI=1S/C14H22N2S.ClH/c1-11-7-13(12(2)17-11)8-16-6-4-14(10-16)3-5-15-9-14;/h7,15H,3-6,8-10H2,1-2H3;1H. The van der Waals surface area contributed by atoms with Gasteiger partial charge in [0.25, 0.3) is 0 Å². The van der Waals surface area contributed by atoms with Crippen LogP contribution in [0.1, 0.15) is 28.2 Å². The zero-order chi connectivity index (χ0) is 11.9. The molecule has 18 heavy (non-hydrogen) atoms. The first kappa shape index (κ1) is 14.3. The average Bonchev–Trinajstić information content (AvgIpc) is 2.95. The van der Waals surface area contributed by atoms with Gasteiger partial charge < -0.3 is 5.32 Å². The predicted molar refractivity (Wildman–Crippen MR) is 80.9 cm³/mol. The van der Waals surface area contributed by atoms with Crippen LogP contribution < -0.4 is 5.32 Å². The second kappa shape index (κ2) is 5.49. The van der Waals surface area contributed by atoms with E-state index < -0.39 is 0 Å². The number of rotatable bonds is 2. The molecule has 1 aromatic heterocycles. The number of hydrogen-bond donors (Lipinski definition) is 1. The van der Waals surface area contributed by atoms with Crippen molar-refractivity contribution in [3.63, 3.8) is 0 Å². The highest BCUT2D eigenvalue weighted by molar-refractivity contribution is 7.12. The third kappa shape index (κ3) is 2.74. The molecule has 0 radical (unpaired) electrons. The first-order valence-corrected chi connectivity index (χ1v) is 7.48. The Morgan fingerprint density at radius 3 is 2.83 bits per heavy atom. The molecule has 2 aliphatic heterocycles. The Labute approximate surface area is 120 Å². The molecular weight excluding hydrogens is 264 g/mol. The normalized spacial score (nSPS) is 27.9. The van der Waals surface area contributed by atoms with Gasteiger partial charge in [0, 0.05) is 29.4 Å². The van der Waals surface area contributed by atoms with Gasteiger partial charge in [0.1, 0.15) is 0 Å². The molecule has 4 heteroatoms. The number of nitrogens with zero attached hydrogens (tertiary/aromatic N) is 1. The minimum Gasteiger partial charge on any atom is -0.316 e. The first-order chi connectivity index (χ1) is 8.17. The van der Waals surface area contributed by atoms with Gasteiger partial charge in [0.05, 0.1) is 0 Å². The van der Waals surface area contributed by atoms with Crippen LogP contribution in [0.25, 0.3) is 0 Å². The van der Waals surface area contributed by atoms with Crippen LogP contribution in [-0.4, -0.2) is 31.1 Å². The monoisotopic (exact) mass is 286 g/mol. The van der Waals surface area contributed by atoms with Crippen LogP contribution in [0, 0.1) is 19.3 Å². The molecule has 2 aliphatic rings. The Bertz CT molecular complexity index is 410. The number of thiophene rings is 1. The fourth-order valence-corrected chi connectivity index (χ4v) is 4.33.